The number of anilines is 1. The minimum atomic E-state index is -0.713. The highest BCUT2D eigenvalue weighted by molar-refractivity contribution is 7.18. The highest BCUT2D eigenvalue weighted by atomic mass is 32.1. The van der Waals surface area contributed by atoms with Gasteiger partial charge in [-0.1, -0.05) is 0 Å². The Labute approximate surface area is 133 Å². The molecule has 0 spiro atoms. The summed E-state index contributed by atoms with van der Waals surface area (Å²) in [5.41, 5.74) is 0. The lowest BCUT2D eigenvalue weighted by Crippen LogP contribution is -2.47. The summed E-state index contributed by atoms with van der Waals surface area (Å²) in [6, 6.07) is 2.16. The van der Waals surface area contributed by atoms with Gasteiger partial charge in [0.25, 0.3) is 0 Å². The number of piperazine rings is 1. The maximum absolute atomic E-state index is 10.6. The van der Waals surface area contributed by atoms with Crippen molar-refractivity contribution in [1.82, 2.24) is 14.9 Å². The normalized spacial score (nSPS) is 16.3. The number of carbonyl (C=O) groups is 1. The molecule has 1 aliphatic heterocycles. The molecule has 2 aromatic heterocycles. The molecular formula is C15H20N4O2S. The highest BCUT2D eigenvalue weighted by Gasteiger charge is 2.20. The Morgan fingerprint density at radius 2 is 2.09 bits per heavy atom. The fraction of sp³-hybridized carbons (Fsp3) is 0.533. The summed E-state index contributed by atoms with van der Waals surface area (Å²) >= 11 is 1.70. The molecule has 3 heterocycles. The van der Waals surface area contributed by atoms with Crippen molar-refractivity contribution in [2.75, 3.05) is 37.6 Å². The molecule has 0 amide bonds. The van der Waals surface area contributed by atoms with E-state index < -0.39 is 5.97 Å². The van der Waals surface area contributed by atoms with Crippen LogP contribution < -0.4 is 4.90 Å². The minimum Gasteiger partial charge on any atom is -0.481 e. The van der Waals surface area contributed by atoms with E-state index in [1.165, 1.54) is 4.88 Å². The molecule has 3 rings (SSSR count). The van der Waals surface area contributed by atoms with Crippen LogP contribution in [0.15, 0.2) is 12.4 Å². The van der Waals surface area contributed by atoms with Gasteiger partial charge in [0.2, 0.25) is 0 Å². The Kier molecular flexibility index (Phi) is 4.54. The van der Waals surface area contributed by atoms with Crippen LogP contribution in [0, 0.1) is 6.92 Å². The predicted octanol–water partition coefficient (Wildman–Crippen LogP) is 1.99. The first kappa shape index (κ1) is 15.2. The van der Waals surface area contributed by atoms with Crippen molar-refractivity contribution in [1.29, 1.82) is 0 Å². The Morgan fingerprint density at radius 3 is 2.82 bits per heavy atom. The van der Waals surface area contributed by atoms with Gasteiger partial charge in [0.1, 0.15) is 17.0 Å². The molecule has 118 valence electrons. The number of fused-ring (bicyclic) bond motifs is 1. The number of hydrogen-bond donors (Lipinski definition) is 1. The van der Waals surface area contributed by atoms with E-state index in [2.05, 4.69) is 32.8 Å². The molecule has 0 saturated carbocycles. The molecule has 1 fully saturated rings. The fourth-order valence-electron chi connectivity index (χ4n) is 2.85. The minimum absolute atomic E-state index is 0.251. The van der Waals surface area contributed by atoms with Gasteiger partial charge in [0, 0.05) is 37.5 Å². The zero-order valence-corrected chi connectivity index (χ0v) is 13.5. The van der Waals surface area contributed by atoms with E-state index in [0.29, 0.717) is 0 Å². The standard InChI is InChI=1S/C15H20N4O2S/c1-11-9-12-14(16-10-17-15(12)22-11)19-7-5-18(6-8-19)4-2-3-13(20)21/h9-10H,2-8H2,1H3,(H,20,21). The first-order chi connectivity index (χ1) is 10.6. The van der Waals surface area contributed by atoms with Crippen molar-refractivity contribution in [3.05, 3.63) is 17.3 Å². The van der Waals surface area contributed by atoms with Crippen LogP contribution in [0.25, 0.3) is 10.2 Å². The molecule has 0 aliphatic carbocycles. The van der Waals surface area contributed by atoms with Gasteiger partial charge in [-0.15, -0.1) is 11.3 Å². The van der Waals surface area contributed by atoms with Crippen LogP contribution >= 0.6 is 11.3 Å². The Bertz CT molecular complexity index is 665. The van der Waals surface area contributed by atoms with Gasteiger partial charge >= 0.3 is 5.97 Å². The molecule has 1 N–H and O–H groups in total. The molecule has 0 atom stereocenters. The summed E-state index contributed by atoms with van der Waals surface area (Å²) in [5, 5.41) is 9.84. The van der Waals surface area contributed by atoms with Gasteiger partial charge in [-0.05, 0) is 26.0 Å². The van der Waals surface area contributed by atoms with Gasteiger partial charge in [0.05, 0.1) is 5.39 Å². The van der Waals surface area contributed by atoms with E-state index in [1.807, 2.05) is 0 Å². The second kappa shape index (κ2) is 6.58. The van der Waals surface area contributed by atoms with Crippen LogP contribution in [0.1, 0.15) is 17.7 Å². The average Bonchev–Trinajstić information content (AvgIpc) is 2.87. The third-order valence-electron chi connectivity index (χ3n) is 3.97. The van der Waals surface area contributed by atoms with E-state index in [-0.39, 0.29) is 6.42 Å². The van der Waals surface area contributed by atoms with Crippen LogP contribution in [0.2, 0.25) is 0 Å². The third kappa shape index (κ3) is 3.36. The van der Waals surface area contributed by atoms with Crippen molar-refractivity contribution in [3.8, 4) is 0 Å². The zero-order chi connectivity index (χ0) is 15.5. The molecule has 7 heteroatoms. The molecule has 1 aliphatic rings. The monoisotopic (exact) mass is 320 g/mol. The van der Waals surface area contributed by atoms with Gasteiger partial charge in [-0.3, -0.25) is 9.69 Å². The molecule has 6 nitrogen and oxygen atoms in total. The van der Waals surface area contributed by atoms with Crippen molar-refractivity contribution in [2.45, 2.75) is 19.8 Å². The predicted molar refractivity (Wildman–Crippen MR) is 87.7 cm³/mol. The lowest BCUT2D eigenvalue weighted by atomic mass is 10.2. The van der Waals surface area contributed by atoms with Gasteiger partial charge in [-0.2, -0.15) is 0 Å². The smallest absolute Gasteiger partial charge is 0.303 e. The van der Waals surface area contributed by atoms with E-state index in [4.69, 9.17) is 5.11 Å². The lowest BCUT2D eigenvalue weighted by molar-refractivity contribution is -0.137. The SMILES string of the molecule is Cc1cc2c(N3CCN(CCCC(=O)O)CC3)ncnc2s1. The van der Waals surface area contributed by atoms with E-state index in [1.54, 1.807) is 17.7 Å². The summed E-state index contributed by atoms with van der Waals surface area (Å²) in [7, 11) is 0. The number of nitrogens with zero attached hydrogens (tertiary/aromatic N) is 4. The average molecular weight is 320 g/mol. The second-order valence-electron chi connectivity index (χ2n) is 5.60. The molecule has 0 bridgehead atoms. The lowest BCUT2D eigenvalue weighted by Gasteiger charge is -2.35. The molecule has 0 aromatic carbocycles. The third-order valence-corrected chi connectivity index (χ3v) is 4.93. The number of aryl methyl sites for hydroxylation is 1. The molecular weight excluding hydrogens is 300 g/mol. The summed E-state index contributed by atoms with van der Waals surface area (Å²) in [6.07, 6.45) is 2.62. The van der Waals surface area contributed by atoms with Crippen molar-refractivity contribution < 1.29 is 9.90 Å². The largest absolute Gasteiger partial charge is 0.481 e. The van der Waals surface area contributed by atoms with Crippen LogP contribution in [0.3, 0.4) is 0 Å². The Morgan fingerprint density at radius 1 is 1.32 bits per heavy atom. The van der Waals surface area contributed by atoms with E-state index >= 15 is 0 Å². The number of thiophene rings is 1. The topological polar surface area (TPSA) is 69.6 Å². The van der Waals surface area contributed by atoms with Crippen LogP contribution in [0.4, 0.5) is 5.82 Å². The first-order valence-electron chi connectivity index (χ1n) is 7.54. The first-order valence-corrected chi connectivity index (χ1v) is 8.35. The highest BCUT2D eigenvalue weighted by Crippen LogP contribution is 2.30. The Hall–Kier alpha value is -1.73. The van der Waals surface area contributed by atoms with Crippen molar-refractivity contribution in [3.63, 3.8) is 0 Å². The fourth-order valence-corrected chi connectivity index (χ4v) is 3.69. The van der Waals surface area contributed by atoms with E-state index in [9.17, 15) is 4.79 Å². The van der Waals surface area contributed by atoms with E-state index in [0.717, 1.165) is 55.2 Å². The quantitative estimate of drug-likeness (QED) is 0.908. The number of carboxylic acids is 1. The molecule has 0 unspecified atom stereocenters. The number of carboxylic acid groups (broad SMARTS) is 1. The number of aliphatic carboxylic acids is 1. The number of hydrogen-bond acceptors (Lipinski definition) is 6. The molecule has 2 aromatic rings. The molecule has 1 saturated heterocycles. The van der Waals surface area contributed by atoms with Crippen LogP contribution in [-0.4, -0.2) is 58.7 Å². The Balaban J connectivity index is 1.62. The summed E-state index contributed by atoms with van der Waals surface area (Å²) in [6.45, 7) is 6.71. The van der Waals surface area contributed by atoms with Gasteiger partial charge in [0.15, 0.2) is 0 Å². The second-order valence-corrected chi connectivity index (χ2v) is 6.83. The number of rotatable bonds is 5. The maximum Gasteiger partial charge on any atom is 0.303 e. The van der Waals surface area contributed by atoms with Crippen molar-refractivity contribution >= 4 is 33.3 Å². The molecule has 22 heavy (non-hydrogen) atoms. The van der Waals surface area contributed by atoms with Crippen LogP contribution in [0.5, 0.6) is 0 Å². The van der Waals surface area contributed by atoms with Crippen molar-refractivity contribution in [2.24, 2.45) is 0 Å². The molecule has 0 radical (unpaired) electrons. The summed E-state index contributed by atoms with van der Waals surface area (Å²) < 4.78 is 0. The van der Waals surface area contributed by atoms with Gasteiger partial charge in [-0.25, -0.2) is 9.97 Å². The zero-order valence-electron chi connectivity index (χ0n) is 12.7. The summed E-state index contributed by atoms with van der Waals surface area (Å²) in [5.74, 6) is 0.314. The summed E-state index contributed by atoms with van der Waals surface area (Å²) in [4.78, 5) is 26.3. The van der Waals surface area contributed by atoms with Gasteiger partial charge < -0.3 is 10.0 Å². The maximum atomic E-state index is 10.6. The van der Waals surface area contributed by atoms with Crippen LogP contribution in [-0.2, 0) is 4.79 Å². The number of aromatic nitrogens is 2.